The highest BCUT2D eigenvalue weighted by atomic mass is 19.4. The van der Waals surface area contributed by atoms with E-state index in [0.29, 0.717) is 16.9 Å². The summed E-state index contributed by atoms with van der Waals surface area (Å²) in [6.45, 7) is -0.186. The topological polar surface area (TPSA) is 68.0 Å². The van der Waals surface area contributed by atoms with Gasteiger partial charge in [0.05, 0.1) is 5.56 Å². The van der Waals surface area contributed by atoms with Gasteiger partial charge in [-0.05, 0) is 47.7 Å². The lowest BCUT2D eigenvalue weighted by atomic mass is 9.99. The number of pyridine rings is 1. The van der Waals surface area contributed by atoms with E-state index in [-0.39, 0.29) is 23.9 Å². The molecule has 1 saturated carbocycles. The van der Waals surface area contributed by atoms with E-state index in [1.54, 1.807) is 18.2 Å². The van der Waals surface area contributed by atoms with Crippen LogP contribution < -0.4 is 11.1 Å². The van der Waals surface area contributed by atoms with Crippen LogP contribution in [0, 0.1) is 5.92 Å². The van der Waals surface area contributed by atoms with Gasteiger partial charge in [0.25, 0.3) is 0 Å². The number of nitrogens with one attached hydrogen (secondary N) is 1. The van der Waals surface area contributed by atoms with Gasteiger partial charge in [-0.15, -0.1) is 0 Å². The van der Waals surface area contributed by atoms with E-state index >= 15 is 0 Å². The number of nitrogens with zero attached hydrogens (tertiary/aromatic N) is 1. The van der Waals surface area contributed by atoms with Crippen LogP contribution in [-0.4, -0.2) is 10.9 Å². The summed E-state index contributed by atoms with van der Waals surface area (Å²) in [5.41, 5.74) is 5.63. The molecule has 126 valence electrons. The molecule has 7 heteroatoms. The average Bonchev–Trinajstić information content (AvgIpc) is 3.38. The molecule has 1 aromatic carbocycles. The normalized spacial score (nSPS) is 14.5. The average molecular weight is 335 g/mol. The molecule has 0 atom stereocenters. The number of hydrogen-bond acceptors (Lipinski definition) is 3. The fourth-order valence-corrected chi connectivity index (χ4v) is 2.45. The molecule has 0 aliphatic heterocycles. The molecule has 2 aromatic rings. The van der Waals surface area contributed by atoms with Crippen molar-refractivity contribution in [1.29, 1.82) is 0 Å². The molecule has 3 rings (SSSR count). The van der Waals surface area contributed by atoms with E-state index in [9.17, 15) is 18.0 Å². The Kier molecular flexibility index (Phi) is 4.28. The molecule has 1 aliphatic rings. The molecule has 0 radical (unpaired) electrons. The maximum atomic E-state index is 13.2. The maximum absolute atomic E-state index is 13.2. The Morgan fingerprint density at radius 3 is 2.54 bits per heavy atom. The van der Waals surface area contributed by atoms with Crippen LogP contribution >= 0.6 is 0 Å². The lowest BCUT2D eigenvalue weighted by Crippen LogP contribution is -2.14. The van der Waals surface area contributed by atoms with Crippen LogP contribution in [-0.2, 0) is 17.5 Å². The first-order chi connectivity index (χ1) is 11.4. The molecule has 1 fully saturated rings. The van der Waals surface area contributed by atoms with Gasteiger partial charge in [0, 0.05) is 18.7 Å². The van der Waals surface area contributed by atoms with E-state index < -0.39 is 11.7 Å². The minimum Gasteiger partial charge on any atom is -0.326 e. The zero-order valence-corrected chi connectivity index (χ0v) is 12.7. The summed E-state index contributed by atoms with van der Waals surface area (Å²) in [5, 5.41) is 2.69. The number of anilines is 1. The van der Waals surface area contributed by atoms with Gasteiger partial charge in [-0.25, -0.2) is 4.98 Å². The van der Waals surface area contributed by atoms with Crippen molar-refractivity contribution >= 4 is 11.7 Å². The molecule has 1 aliphatic carbocycles. The van der Waals surface area contributed by atoms with Gasteiger partial charge in [-0.2, -0.15) is 13.2 Å². The van der Waals surface area contributed by atoms with E-state index in [1.807, 2.05) is 0 Å². The minimum atomic E-state index is -4.47. The lowest BCUT2D eigenvalue weighted by molar-refractivity contribution is -0.138. The summed E-state index contributed by atoms with van der Waals surface area (Å²) in [5.74, 6) is 0.256. The summed E-state index contributed by atoms with van der Waals surface area (Å²) in [7, 11) is 0. The van der Waals surface area contributed by atoms with Crippen LogP contribution in [0.4, 0.5) is 19.0 Å². The second-order valence-electron chi connectivity index (χ2n) is 5.77. The van der Waals surface area contributed by atoms with Crippen molar-refractivity contribution in [2.75, 3.05) is 5.32 Å². The summed E-state index contributed by atoms with van der Waals surface area (Å²) in [4.78, 5) is 15.8. The zero-order chi connectivity index (χ0) is 17.3. The lowest BCUT2D eigenvalue weighted by Gasteiger charge is -2.14. The fourth-order valence-electron chi connectivity index (χ4n) is 2.45. The Morgan fingerprint density at radius 1 is 1.21 bits per heavy atom. The predicted molar refractivity (Wildman–Crippen MR) is 83.9 cm³/mol. The fraction of sp³-hybridized carbons (Fsp3) is 0.294. The summed E-state index contributed by atoms with van der Waals surface area (Å²) in [6.07, 6.45) is -1.29. The number of benzene rings is 1. The van der Waals surface area contributed by atoms with Crippen LogP contribution in [0.1, 0.15) is 24.0 Å². The first-order valence-electron chi connectivity index (χ1n) is 7.56. The molecule has 0 bridgehead atoms. The molecule has 0 unspecified atom stereocenters. The smallest absolute Gasteiger partial charge is 0.326 e. The second-order valence-corrected chi connectivity index (χ2v) is 5.77. The number of carbonyl (C=O) groups excluding carboxylic acids is 1. The minimum absolute atomic E-state index is 0.0242. The van der Waals surface area contributed by atoms with E-state index in [4.69, 9.17) is 5.73 Å². The van der Waals surface area contributed by atoms with Gasteiger partial charge in [0.1, 0.15) is 5.82 Å². The van der Waals surface area contributed by atoms with E-state index in [0.717, 1.165) is 18.9 Å². The van der Waals surface area contributed by atoms with Gasteiger partial charge in [-0.1, -0.05) is 12.1 Å². The number of carbonyl (C=O) groups is 1. The van der Waals surface area contributed by atoms with Gasteiger partial charge in [0.2, 0.25) is 5.91 Å². The van der Waals surface area contributed by atoms with Crippen LogP contribution in [0.15, 0.2) is 36.5 Å². The van der Waals surface area contributed by atoms with Gasteiger partial charge in [-0.3, -0.25) is 4.79 Å². The van der Waals surface area contributed by atoms with Crippen LogP contribution in [0.5, 0.6) is 0 Å². The quantitative estimate of drug-likeness (QED) is 0.897. The summed E-state index contributed by atoms with van der Waals surface area (Å²) < 4.78 is 39.5. The molecule has 0 saturated heterocycles. The van der Waals surface area contributed by atoms with E-state index in [2.05, 4.69) is 10.3 Å². The summed E-state index contributed by atoms with van der Waals surface area (Å²) in [6, 6.07) is 7.20. The third-order valence-electron chi connectivity index (χ3n) is 3.93. The SMILES string of the molecule is NCc1ccc(-c2ccnc(NC(=O)C3CC3)c2)cc1C(F)(F)F. The number of hydrogen-bond donors (Lipinski definition) is 2. The Balaban J connectivity index is 1.92. The molecule has 4 nitrogen and oxygen atoms in total. The van der Waals surface area contributed by atoms with Crippen molar-refractivity contribution in [2.24, 2.45) is 11.7 Å². The largest absolute Gasteiger partial charge is 0.416 e. The van der Waals surface area contributed by atoms with E-state index in [1.165, 1.54) is 12.3 Å². The van der Waals surface area contributed by atoms with Crippen LogP contribution in [0.2, 0.25) is 0 Å². The van der Waals surface area contributed by atoms with Gasteiger partial charge < -0.3 is 11.1 Å². The van der Waals surface area contributed by atoms with Crippen LogP contribution in [0.3, 0.4) is 0 Å². The molecule has 1 aromatic heterocycles. The number of rotatable bonds is 4. The molecule has 3 N–H and O–H groups in total. The standard InChI is InChI=1S/C17H16F3N3O/c18-17(19,20)14-7-11(3-4-13(14)9-21)12-5-6-22-15(8-12)23-16(24)10-1-2-10/h3-8,10H,1-2,9,21H2,(H,22,23,24). The van der Waals surface area contributed by atoms with Gasteiger partial charge in [0.15, 0.2) is 0 Å². The van der Waals surface area contributed by atoms with Gasteiger partial charge >= 0.3 is 6.18 Å². The molecular weight excluding hydrogens is 319 g/mol. The molecule has 1 heterocycles. The Labute approximate surface area is 136 Å². The van der Waals surface area contributed by atoms with Crippen molar-refractivity contribution in [3.63, 3.8) is 0 Å². The van der Waals surface area contributed by atoms with Crippen molar-refractivity contribution in [2.45, 2.75) is 25.6 Å². The summed E-state index contributed by atoms with van der Waals surface area (Å²) >= 11 is 0. The molecular formula is C17H16F3N3O. The van der Waals surface area contributed by atoms with Crippen molar-refractivity contribution < 1.29 is 18.0 Å². The van der Waals surface area contributed by atoms with Crippen molar-refractivity contribution in [1.82, 2.24) is 4.98 Å². The number of aromatic nitrogens is 1. The third-order valence-corrected chi connectivity index (χ3v) is 3.93. The monoisotopic (exact) mass is 335 g/mol. The number of amides is 1. The molecule has 0 spiro atoms. The first kappa shape index (κ1) is 16.4. The second kappa shape index (κ2) is 6.24. The maximum Gasteiger partial charge on any atom is 0.416 e. The molecule has 1 amide bonds. The Hall–Kier alpha value is -2.41. The van der Waals surface area contributed by atoms with Crippen LogP contribution in [0.25, 0.3) is 11.1 Å². The highest BCUT2D eigenvalue weighted by Crippen LogP contribution is 2.35. The number of nitrogens with two attached hydrogens (primary N) is 1. The Morgan fingerprint density at radius 2 is 1.92 bits per heavy atom. The first-order valence-corrected chi connectivity index (χ1v) is 7.56. The molecule has 24 heavy (non-hydrogen) atoms. The predicted octanol–water partition coefficient (Wildman–Crippen LogP) is 3.57. The Bertz CT molecular complexity index is 770. The zero-order valence-electron chi connectivity index (χ0n) is 12.7. The van der Waals surface area contributed by atoms with Crippen molar-refractivity contribution in [3.05, 3.63) is 47.7 Å². The highest BCUT2D eigenvalue weighted by molar-refractivity contribution is 5.93. The highest BCUT2D eigenvalue weighted by Gasteiger charge is 2.33. The van der Waals surface area contributed by atoms with Crippen molar-refractivity contribution in [3.8, 4) is 11.1 Å². The number of alkyl halides is 3. The number of halogens is 3. The third kappa shape index (κ3) is 3.56.